The quantitative estimate of drug-likeness (QED) is 0.676. The Labute approximate surface area is 134 Å². The Morgan fingerprint density at radius 3 is 2.55 bits per heavy atom. The summed E-state index contributed by atoms with van der Waals surface area (Å²) in [5, 5.41) is 2.77. The minimum atomic E-state index is 0.0745. The standard InChI is InChI=1S/C21H27N/c1-6-8-13-22-18-12-11-16-10-9-15(3)14-17(16)20(18)21(4,5)19(22)7-2/h7,9-12,14H,6,8,13H2,1-5H3/b19-7+. The number of fused-ring (bicyclic) bond motifs is 3. The van der Waals surface area contributed by atoms with Crippen LogP contribution in [0.2, 0.25) is 0 Å². The maximum atomic E-state index is 2.54. The molecule has 2 aromatic rings. The van der Waals surface area contributed by atoms with E-state index in [2.05, 4.69) is 75.9 Å². The van der Waals surface area contributed by atoms with Gasteiger partial charge in [-0.05, 0) is 42.7 Å². The zero-order valence-electron chi connectivity index (χ0n) is 14.5. The number of benzene rings is 2. The topological polar surface area (TPSA) is 3.24 Å². The fourth-order valence-electron chi connectivity index (χ4n) is 3.97. The molecule has 22 heavy (non-hydrogen) atoms. The molecule has 1 aliphatic rings. The van der Waals surface area contributed by atoms with Gasteiger partial charge in [0.1, 0.15) is 0 Å². The highest BCUT2D eigenvalue weighted by atomic mass is 15.2. The van der Waals surface area contributed by atoms with E-state index in [4.69, 9.17) is 0 Å². The molecule has 0 aliphatic carbocycles. The van der Waals surface area contributed by atoms with Crippen LogP contribution in [0.25, 0.3) is 10.8 Å². The van der Waals surface area contributed by atoms with Crippen molar-refractivity contribution in [2.24, 2.45) is 0 Å². The van der Waals surface area contributed by atoms with Crippen LogP contribution < -0.4 is 4.90 Å². The first kappa shape index (κ1) is 15.1. The Balaban J connectivity index is 2.28. The van der Waals surface area contributed by atoms with Crippen molar-refractivity contribution in [3.05, 3.63) is 53.2 Å². The Kier molecular flexibility index (Phi) is 3.76. The number of allylic oxidation sites excluding steroid dienone is 2. The molecule has 116 valence electrons. The number of nitrogens with zero attached hydrogens (tertiary/aromatic N) is 1. The molecule has 0 radical (unpaired) electrons. The van der Waals surface area contributed by atoms with Gasteiger partial charge in [-0.2, -0.15) is 0 Å². The minimum Gasteiger partial charge on any atom is -0.344 e. The average molecular weight is 293 g/mol. The lowest BCUT2D eigenvalue weighted by Crippen LogP contribution is -2.26. The zero-order valence-corrected chi connectivity index (χ0v) is 14.5. The second-order valence-corrected chi connectivity index (χ2v) is 6.99. The van der Waals surface area contributed by atoms with Gasteiger partial charge in [0.2, 0.25) is 0 Å². The van der Waals surface area contributed by atoms with Gasteiger partial charge in [-0.1, -0.05) is 63.1 Å². The molecule has 0 unspecified atom stereocenters. The van der Waals surface area contributed by atoms with Crippen LogP contribution in [0.4, 0.5) is 5.69 Å². The first-order chi connectivity index (χ1) is 10.5. The fraction of sp³-hybridized carbons (Fsp3) is 0.429. The summed E-state index contributed by atoms with van der Waals surface area (Å²) in [6.07, 6.45) is 4.77. The molecule has 1 heterocycles. The largest absolute Gasteiger partial charge is 0.344 e. The number of rotatable bonds is 3. The maximum Gasteiger partial charge on any atom is 0.0456 e. The van der Waals surface area contributed by atoms with Crippen molar-refractivity contribution in [3.8, 4) is 0 Å². The molecule has 0 fully saturated rings. The number of unbranched alkanes of at least 4 members (excludes halogenated alkanes) is 1. The lowest BCUT2D eigenvalue weighted by Gasteiger charge is -2.27. The van der Waals surface area contributed by atoms with Crippen LogP contribution >= 0.6 is 0 Å². The van der Waals surface area contributed by atoms with Crippen LogP contribution in [0.1, 0.15) is 51.7 Å². The molecular formula is C21H27N. The Hall–Kier alpha value is -1.76. The molecule has 0 saturated heterocycles. The van der Waals surface area contributed by atoms with Gasteiger partial charge in [-0.15, -0.1) is 0 Å². The van der Waals surface area contributed by atoms with Gasteiger partial charge < -0.3 is 4.90 Å². The molecule has 1 aliphatic heterocycles. The SMILES string of the molecule is C/C=C1/N(CCCC)c2ccc3ccc(C)cc3c2C1(C)C. The second-order valence-electron chi connectivity index (χ2n) is 6.99. The van der Waals surface area contributed by atoms with Crippen molar-refractivity contribution >= 4 is 16.5 Å². The molecule has 0 spiro atoms. The Morgan fingerprint density at radius 1 is 1.14 bits per heavy atom. The van der Waals surface area contributed by atoms with Gasteiger partial charge in [0.25, 0.3) is 0 Å². The van der Waals surface area contributed by atoms with Crippen molar-refractivity contribution in [1.82, 2.24) is 0 Å². The molecule has 1 heteroatoms. The highest BCUT2D eigenvalue weighted by molar-refractivity contribution is 5.95. The summed E-state index contributed by atoms with van der Waals surface area (Å²) in [4.78, 5) is 2.54. The van der Waals surface area contributed by atoms with E-state index in [-0.39, 0.29) is 5.41 Å². The third-order valence-electron chi connectivity index (χ3n) is 5.01. The second kappa shape index (κ2) is 5.46. The highest BCUT2D eigenvalue weighted by Gasteiger charge is 2.40. The summed E-state index contributed by atoms with van der Waals surface area (Å²) in [6, 6.07) is 11.4. The third-order valence-corrected chi connectivity index (χ3v) is 5.01. The predicted octanol–water partition coefficient (Wildman–Crippen LogP) is 5.95. The van der Waals surface area contributed by atoms with Crippen LogP contribution in [-0.2, 0) is 5.41 Å². The van der Waals surface area contributed by atoms with Crippen LogP contribution in [0.5, 0.6) is 0 Å². The van der Waals surface area contributed by atoms with E-state index in [1.165, 1.54) is 46.1 Å². The van der Waals surface area contributed by atoms with Crippen molar-refractivity contribution in [3.63, 3.8) is 0 Å². The average Bonchev–Trinajstić information content (AvgIpc) is 2.71. The first-order valence-corrected chi connectivity index (χ1v) is 8.49. The van der Waals surface area contributed by atoms with Gasteiger partial charge in [-0.25, -0.2) is 0 Å². The number of hydrogen-bond acceptors (Lipinski definition) is 1. The molecule has 2 aromatic carbocycles. The molecule has 1 nitrogen and oxygen atoms in total. The summed E-state index contributed by atoms with van der Waals surface area (Å²) in [5.74, 6) is 0. The van der Waals surface area contributed by atoms with Crippen molar-refractivity contribution in [1.29, 1.82) is 0 Å². The minimum absolute atomic E-state index is 0.0745. The van der Waals surface area contributed by atoms with Crippen LogP contribution in [0.15, 0.2) is 42.1 Å². The van der Waals surface area contributed by atoms with Gasteiger partial charge in [0.15, 0.2) is 0 Å². The maximum absolute atomic E-state index is 2.54. The van der Waals surface area contributed by atoms with E-state index in [1.807, 2.05) is 0 Å². The van der Waals surface area contributed by atoms with E-state index >= 15 is 0 Å². The van der Waals surface area contributed by atoms with E-state index < -0.39 is 0 Å². The molecule has 0 N–H and O–H groups in total. The van der Waals surface area contributed by atoms with Crippen LogP contribution in [0, 0.1) is 6.92 Å². The summed E-state index contributed by atoms with van der Waals surface area (Å²) in [7, 11) is 0. The van der Waals surface area contributed by atoms with Gasteiger partial charge in [-0.3, -0.25) is 0 Å². The molecule has 3 rings (SSSR count). The summed E-state index contributed by atoms with van der Waals surface area (Å²) < 4.78 is 0. The van der Waals surface area contributed by atoms with Crippen molar-refractivity contribution < 1.29 is 0 Å². The normalized spacial score (nSPS) is 18.2. The fourth-order valence-corrected chi connectivity index (χ4v) is 3.97. The molecule has 0 amide bonds. The monoisotopic (exact) mass is 293 g/mol. The predicted molar refractivity (Wildman–Crippen MR) is 97.7 cm³/mol. The van der Waals surface area contributed by atoms with E-state index in [9.17, 15) is 0 Å². The third kappa shape index (κ3) is 2.15. The highest BCUT2D eigenvalue weighted by Crippen LogP contribution is 2.50. The molecule has 0 bridgehead atoms. The lowest BCUT2D eigenvalue weighted by molar-refractivity contribution is 0.626. The number of aryl methyl sites for hydroxylation is 1. The molecule has 0 atom stereocenters. The smallest absolute Gasteiger partial charge is 0.0456 e. The molecule has 0 aromatic heterocycles. The summed E-state index contributed by atoms with van der Waals surface area (Å²) in [6.45, 7) is 12.5. The van der Waals surface area contributed by atoms with E-state index in [0.29, 0.717) is 0 Å². The summed E-state index contributed by atoms with van der Waals surface area (Å²) >= 11 is 0. The Morgan fingerprint density at radius 2 is 1.86 bits per heavy atom. The lowest BCUT2D eigenvalue weighted by atomic mass is 9.81. The number of anilines is 1. The number of hydrogen-bond donors (Lipinski definition) is 0. The van der Waals surface area contributed by atoms with Crippen LogP contribution in [0.3, 0.4) is 0 Å². The first-order valence-electron chi connectivity index (χ1n) is 8.49. The van der Waals surface area contributed by atoms with E-state index in [0.717, 1.165) is 6.54 Å². The Bertz CT molecular complexity index is 737. The summed E-state index contributed by atoms with van der Waals surface area (Å²) in [5.41, 5.74) is 5.77. The zero-order chi connectivity index (χ0) is 15.9. The van der Waals surface area contributed by atoms with Gasteiger partial charge in [0, 0.05) is 23.3 Å². The van der Waals surface area contributed by atoms with Crippen LogP contribution in [-0.4, -0.2) is 6.54 Å². The van der Waals surface area contributed by atoms with Gasteiger partial charge in [0.05, 0.1) is 0 Å². The molecular weight excluding hydrogens is 266 g/mol. The van der Waals surface area contributed by atoms with E-state index in [1.54, 1.807) is 0 Å². The van der Waals surface area contributed by atoms with Crippen molar-refractivity contribution in [2.45, 2.75) is 52.9 Å². The van der Waals surface area contributed by atoms with Gasteiger partial charge >= 0.3 is 0 Å². The van der Waals surface area contributed by atoms with Crippen molar-refractivity contribution in [2.75, 3.05) is 11.4 Å². The molecule has 0 saturated carbocycles.